The summed E-state index contributed by atoms with van der Waals surface area (Å²) in [5, 5.41) is 0. The Kier molecular flexibility index (Phi) is 7.65. The summed E-state index contributed by atoms with van der Waals surface area (Å²) in [5.74, 6) is 0. The number of aryl methyl sites for hydroxylation is 2. The van der Waals surface area contributed by atoms with Crippen LogP contribution in [0.25, 0.3) is 0 Å². The van der Waals surface area contributed by atoms with Gasteiger partial charge in [-0.3, -0.25) is 0 Å². The predicted molar refractivity (Wildman–Crippen MR) is 125 cm³/mol. The Labute approximate surface area is 174 Å². The first-order valence-corrected chi connectivity index (χ1v) is 9.99. The zero-order valence-corrected chi connectivity index (χ0v) is 17.0. The fourth-order valence-corrected chi connectivity index (χ4v) is 3.37. The molecular formula is C26H27BN2. The third kappa shape index (κ3) is 6.36. The number of allylic oxidation sites excluding steroid dienone is 1. The SMILES string of the molecule is C=C(C)B(c1ccccc1)c1ccccc1.c1ccc(CCn2ccnc2)cc1. The van der Waals surface area contributed by atoms with Gasteiger partial charge >= 0.3 is 0 Å². The molecule has 0 radical (unpaired) electrons. The molecule has 0 saturated heterocycles. The van der Waals surface area contributed by atoms with Crippen LogP contribution in [0, 0.1) is 0 Å². The summed E-state index contributed by atoms with van der Waals surface area (Å²) in [6.07, 6.45) is 6.72. The van der Waals surface area contributed by atoms with Crippen LogP contribution in [0.5, 0.6) is 0 Å². The van der Waals surface area contributed by atoms with Crippen LogP contribution in [-0.2, 0) is 13.0 Å². The smallest absolute Gasteiger partial charge is 0.236 e. The van der Waals surface area contributed by atoms with Crippen molar-refractivity contribution in [1.82, 2.24) is 9.55 Å². The summed E-state index contributed by atoms with van der Waals surface area (Å²) >= 11 is 0. The van der Waals surface area contributed by atoms with Gasteiger partial charge in [-0.25, -0.2) is 4.98 Å². The molecule has 0 saturated carbocycles. The molecule has 3 aromatic carbocycles. The van der Waals surface area contributed by atoms with Crippen molar-refractivity contribution >= 4 is 17.6 Å². The lowest BCUT2D eigenvalue weighted by Gasteiger charge is -2.14. The summed E-state index contributed by atoms with van der Waals surface area (Å²) in [6.45, 7) is 7.51. The van der Waals surface area contributed by atoms with Crippen molar-refractivity contribution in [2.24, 2.45) is 0 Å². The van der Waals surface area contributed by atoms with E-state index in [2.05, 4.69) is 95.9 Å². The molecule has 0 amide bonds. The quantitative estimate of drug-likeness (QED) is 0.451. The highest BCUT2D eigenvalue weighted by molar-refractivity contribution is 6.90. The first-order valence-electron chi connectivity index (χ1n) is 9.99. The minimum absolute atomic E-state index is 0.308. The van der Waals surface area contributed by atoms with Crippen molar-refractivity contribution in [3.05, 3.63) is 127 Å². The van der Waals surface area contributed by atoms with Crippen molar-refractivity contribution in [1.29, 1.82) is 0 Å². The van der Waals surface area contributed by atoms with Crippen LogP contribution < -0.4 is 10.9 Å². The van der Waals surface area contributed by atoms with Crippen molar-refractivity contribution in [3.63, 3.8) is 0 Å². The average Bonchev–Trinajstić information content (AvgIpc) is 3.29. The Morgan fingerprint density at radius 2 is 1.34 bits per heavy atom. The predicted octanol–water partition coefficient (Wildman–Crippen LogP) is 4.54. The Hall–Kier alpha value is -3.33. The van der Waals surface area contributed by atoms with Gasteiger partial charge in [-0.15, -0.1) is 12.1 Å². The highest BCUT2D eigenvalue weighted by Crippen LogP contribution is 2.01. The second-order valence-corrected chi connectivity index (χ2v) is 7.14. The van der Waals surface area contributed by atoms with E-state index in [0.717, 1.165) is 13.0 Å². The Morgan fingerprint density at radius 1 is 0.828 bits per heavy atom. The van der Waals surface area contributed by atoms with E-state index in [1.807, 2.05) is 36.9 Å². The van der Waals surface area contributed by atoms with Gasteiger partial charge in [0.25, 0.3) is 0 Å². The maximum absolute atomic E-state index is 4.11. The van der Waals surface area contributed by atoms with Crippen LogP contribution in [-0.4, -0.2) is 16.3 Å². The second kappa shape index (κ2) is 10.9. The lowest BCUT2D eigenvalue weighted by Crippen LogP contribution is -2.43. The molecule has 0 aliphatic carbocycles. The number of rotatable bonds is 6. The molecule has 0 spiro atoms. The zero-order valence-electron chi connectivity index (χ0n) is 17.0. The fraction of sp³-hybridized carbons (Fsp3) is 0.115. The van der Waals surface area contributed by atoms with Gasteiger partial charge in [0.05, 0.1) is 6.33 Å². The Balaban J connectivity index is 0.000000169. The average molecular weight is 378 g/mol. The number of nitrogens with zero attached hydrogens (tertiary/aromatic N) is 2. The number of benzene rings is 3. The third-order valence-electron chi connectivity index (χ3n) is 4.82. The zero-order chi connectivity index (χ0) is 20.3. The van der Waals surface area contributed by atoms with E-state index in [9.17, 15) is 0 Å². The van der Waals surface area contributed by atoms with E-state index in [4.69, 9.17) is 0 Å². The first kappa shape index (κ1) is 20.4. The summed E-state index contributed by atoms with van der Waals surface area (Å²) in [7, 11) is 0. The van der Waals surface area contributed by atoms with Gasteiger partial charge in [0.1, 0.15) is 0 Å². The molecule has 3 heteroatoms. The molecule has 29 heavy (non-hydrogen) atoms. The monoisotopic (exact) mass is 378 g/mol. The van der Waals surface area contributed by atoms with Gasteiger partial charge in [0.15, 0.2) is 0 Å². The number of hydrogen-bond acceptors (Lipinski definition) is 1. The Bertz CT molecular complexity index is 926. The van der Waals surface area contributed by atoms with Crippen molar-refractivity contribution in [2.75, 3.05) is 0 Å². The van der Waals surface area contributed by atoms with E-state index in [-0.39, 0.29) is 0 Å². The van der Waals surface area contributed by atoms with Gasteiger partial charge in [-0.05, 0) is 12.0 Å². The number of hydrogen-bond donors (Lipinski definition) is 0. The summed E-state index contributed by atoms with van der Waals surface area (Å²) in [6, 6.07) is 31.5. The molecule has 0 aliphatic heterocycles. The van der Waals surface area contributed by atoms with Gasteiger partial charge in [0, 0.05) is 18.9 Å². The molecule has 0 aliphatic rings. The van der Waals surface area contributed by atoms with Crippen LogP contribution in [0.3, 0.4) is 0 Å². The highest BCUT2D eigenvalue weighted by atomic mass is 15.0. The normalized spacial score (nSPS) is 9.97. The summed E-state index contributed by atoms with van der Waals surface area (Å²) in [4.78, 5) is 4.00. The lowest BCUT2D eigenvalue weighted by atomic mass is 9.37. The van der Waals surface area contributed by atoms with Crippen LogP contribution in [0.2, 0.25) is 0 Å². The molecule has 1 aromatic heterocycles. The minimum atomic E-state index is 0.308. The van der Waals surface area contributed by atoms with E-state index in [1.165, 1.54) is 22.0 Å². The van der Waals surface area contributed by atoms with E-state index < -0.39 is 0 Å². The van der Waals surface area contributed by atoms with Crippen LogP contribution in [0.1, 0.15) is 12.5 Å². The minimum Gasteiger partial charge on any atom is -0.337 e. The van der Waals surface area contributed by atoms with Crippen LogP contribution in [0.4, 0.5) is 0 Å². The molecule has 144 valence electrons. The topological polar surface area (TPSA) is 17.8 Å². The standard InChI is InChI=1S/C15H15B.C11H12N2/c1-13(2)16(14-9-5-3-6-10-14)15-11-7-4-8-12-15;1-2-4-11(5-3-1)6-8-13-9-7-12-10-13/h3-12H,1H2,2H3;1-5,7,9-10H,6,8H2. The van der Waals surface area contributed by atoms with Crippen molar-refractivity contribution in [2.45, 2.75) is 19.9 Å². The molecule has 0 atom stereocenters. The van der Waals surface area contributed by atoms with E-state index in [0.29, 0.717) is 6.71 Å². The van der Waals surface area contributed by atoms with Gasteiger partial charge in [-0.2, -0.15) is 0 Å². The lowest BCUT2D eigenvalue weighted by molar-refractivity contribution is 0.696. The summed E-state index contributed by atoms with van der Waals surface area (Å²) < 4.78 is 2.09. The number of imidazole rings is 1. The molecule has 0 unspecified atom stereocenters. The van der Waals surface area contributed by atoms with Crippen molar-refractivity contribution in [3.8, 4) is 0 Å². The molecule has 1 heterocycles. The molecule has 4 rings (SSSR count). The maximum Gasteiger partial charge on any atom is 0.236 e. The van der Waals surface area contributed by atoms with Gasteiger partial charge < -0.3 is 4.57 Å². The second-order valence-electron chi connectivity index (χ2n) is 7.14. The molecular weight excluding hydrogens is 351 g/mol. The summed E-state index contributed by atoms with van der Waals surface area (Å²) in [5.41, 5.74) is 5.16. The highest BCUT2D eigenvalue weighted by Gasteiger charge is 2.18. The van der Waals surface area contributed by atoms with E-state index >= 15 is 0 Å². The molecule has 0 fully saturated rings. The fourth-order valence-electron chi connectivity index (χ4n) is 3.37. The van der Waals surface area contributed by atoms with Crippen LogP contribution >= 0.6 is 0 Å². The molecule has 0 N–H and O–H groups in total. The number of aromatic nitrogens is 2. The van der Waals surface area contributed by atoms with E-state index in [1.54, 1.807) is 0 Å². The third-order valence-corrected chi connectivity index (χ3v) is 4.82. The van der Waals surface area contributed by atoms with Crippen LogP contribution in [0.15, 0.2) is 122 Å². The van der Waals surface area contributed by atoms with Gasteiger partial charge in [-0.1, -0.05) is 109 Å². The molecule has 4 aromatic rings. The van der Waals surface area contributed by atoms with Gasteiger partial charge in [0.2, 0.25) is 6.71 Å². The molecule has 2 nitrogen and oxygen atoms in total. The first-order chi connectivity index (χ1) is 14.2. The maximum atomic E-state index is 4.11. The van der Waals surface area contributed by atoms with Crippen molar-refractivity contribution < 1.29 is 0 Å². The Morgan fingerprint density at radius 3 is 1.79 bits per heavy atom. The molecule has 0 bridgehead atoms. The largest absolute Gasteiger partial charge is 0.337 e.